The molecule has 0 fully saturated rings. The first-order chi connectivity index (χ1) is 8.27. The van der Waals surface area contributed by atoms with Crippen LogP contribution in [0.4, 0.5) is 4.39 Å². The Bertz CT molecular complexity index is 470. The summed E-state index contributed by atoms with van der Waals surface area (Å²) in [4.78, 5) is 1.34. The average molecular weight is 270 g/mol. The van der Waals surface area contributed by atoms with E-state index in [0.717, 1.165) is 13.0 Å². The van der Waals surface area contributed by atoms with Gasteiger partial charge in [0.1, 0.15) is 5.82 Å². The summed E-state index contributed by atoms with van der Waals surface area (Å²) in [7, 11) is 0. The first-order valence-electron chi connectivity index (χ1n) is 5.43. The molecule has 2 rings (SSSR count). The molecule has 0 amide bonds. The van der Waals surface area contributed by atoms with Crippen molar-refractivity contribution in [3.63, 3.8) is 0 Å². The highest BCUT2D eigenvalue weighted by Gasteiger charge is 2.05. The third-order valence-corrected chi connectivity index (χ3v) is 3.70. The lowest BCUT2D eigenvalue weighted by Gasteiger charge is -2.06. The van der Waals surface area contributed by atoms with Crippen molar-refractivity contribution in [1.29, 1.82) is 0 Å². The Morgan fingerprint density at radius 3 is 2.88 bits per heavy atom. The zero-order valence-corrected chi connectivity index (χ0v) is 10.8. The summed E-state index contributed by atoms with van der Waals surface area (Å²) in [6, 6.07) is 9.22. The lowest BCUT2D eigenvalue weighted by Crippen LogP contribution is -2.17. The van der Waals surface area contributed by atoms with Crippen molar-refractivity contribution >= 4 is 22.9 Å². The van der Waals surface area contributed by atoms with Gasteiger partial charge in [0.05, 0.1) is 5.02 Å². The van der Waals surface area contributed by atoms with Crippen molar-refractivity contribution in [2.45, 2.75) is 13.0 Å². The number of nitrogens with one attached hydrogen (secondary N) is 1. The number of hydrogen-bond donors (Lipinski definition) is 1. The first-order valence-corrected chi connectivity index (χ1v) is 6.69. The maximum atomic E-state index is 13.5. The van der Waals surface area contributed by atoms with Crippen LogP contribution in [0.2, 0.25) is 5.02 Å². The molecule has 0 saturated heterocycles. The predicted octanol–water partition coefficient (Wildman–Crippen LogP) is 3.87. The van der Waals surface area contributed by atoms with Gasteiger partial charge in [0.15, 0.2) is 0 Å². The molecular weight excluding hydrogens is 257 g/mol. The van der Waals surface area contributed by atoms with Crippen molar-refractivity contribution in [2.24, 2.45) is 0 Å². The molecule has 0 atom stereocenters. The van der Waals surface area contributed by atoms with Crippen LogP contribution in [0.3, 0.4) is 0 Å². The molecule has 0 aliphatic rings. The van der Waals surface area contributed by atoms with Gasteiger partial charge in [0.2, 0.25) is 0 Å². The maximum Gasteiger partial charge on any atom is 0.146 e. The zero-order valence-electron chi connectivity index (χ0n) is 9.25. The largest absolute Gasteiger partial charge is 0.312 e. The standard InChI is InChI=1S/C13H13ClFNS/c14-12-5-1-3-10(13(12)15)9-16-7-6-11-4-2-8-17-11/h1-5,8,16H,6-7,9H2. The molecule has 1 N–H and O–H groups in total. The number of thiophene rings is 1. The van der Waals surface area contributed by atoms with Gasteiger partial charge in [-0.2, -0.15) is 0 Å². The second-order valence-electron chi connectivity index (χ2n) is 3.72. The van der Waals surface area contributed by atoms with Crippen molar-refractivity contribution < 1.29 is 4.39 Å². The highest BCUT2D eigenvalue weighted by molar-refractivity contribution is 7.09. The zero-order chi connectivity index (χ0) is 12.1. The molecule has 0 radical (unpaired) electrons. The fraction of sp³-hybridized carbons (Fsp3) is 0.231. The predicted molar refractivity (Wildman–Crippen MR) is 71.1 cm³/mol. The Morgan fingerprint density at radius 1 is 1.24 bits per heavy atom. The molecule has 90 valence electrons. The number of benzene rings is 1. The minimum absolute atomic E-state index is 0.183. The minimum atomic E-state index is -0.321. The molecule has 1 aromatic heterocycles. The van der Waals surface area contributed by atoms with E-state index in [1.54, 1.807) is 29.5 Å². The van der Waals surface area contributed by atoms with Crippen LogP contribution < -0.4 is 5.32 Å². The fourth-order valence-corrected chi connectivity index (χ4v) is 2.48. The van der Waals surface area contributed by atoms with Gasteiger partial charge < -0.3 is 5.32 Å². The topological polar surface area (TPSA) is 12.0 Å². The van der Waals surface area contributed by atoms with Gasteiger partial charge in [0, 0.05) is 23.5 Å². The van der Waals surface area contributed by atoms with Crippen LogP contribution >= 0.6 is 22.9 Å². The highest BCUT2D eigenvalue weighted by atomic mass is 35.5. The van der Waals surface area contributed by atoms with Crippen LogP contribution in [-0.4, -0.2) is 6.54 Å². The van der Waals surface area contributed by atoms with Crippen LogP contribution in [0.1, 0.15) is 10.4 Å². The van der Waals surface area contributed by atoms with Crippen LogP contribution in [-0.2, 0) is 13.0 Å². The van der Waals surface area contributed by atoms with Crippen molar-refractivity contribution in [1.82, 2.24) is 5.32 Å². The van der Waals surface area contributed by atoms with Crippen LogP contribution in [0, 0.1) is 5.82 Å². The Morgan fingerprint density at radius 2 is 2.12 bits per heavy atom. The normalized spacial score (nSPS) is 10.7. The quantitative estimate of drug-likeness (QED) is 0.813. The molecule has 0 spiro atoms. The summed E-state index contributed by atoms with van der Waals surface area (Å²) in [6.45, 7) is 1.35. The molecule has 4 heteroatoms. The van der Waals surface area contributed by atoms with Crippen LogP contribution in [0.5, 0.6) is 0 Å². The van der Waals surface area contributed by atoms with Gasteiger partial charge in [0.25, 0.3) is 0 Å². The monoisotopic (exact) mass is 269 g/mol. The Labute approximate surface area is 109 Å². The van der Waals surface area contributed by atoms with Crippen molar-refractivity contribution in [2.75, 3.05) is 6.54 Å². The van der Waals surface area contributed by atoms with E-state index in [9.17, 15) is 4.39 Å². The van der Waals surface area contributed by atoms with Crippen molar-refractivity contribution in [3.8, 4) is 0 Å². The molecule has 1 heterocycles. The minimum Gasteiger partial charge on any atom is -0.312 e. The first kappa shape index (κ1) is 12.6. The average Bonchev–Trinajstić information content (AvgIpc) is 2.83. The number of halogens is 2. The third-order valence-electron chi connectivity index (χ3n) is 2.48. The van der Waals surface area contributed by atoms with Gasteiger partial charge in [-0.1, -0.05) is 29.8 Å². The van der Waals surface area contributed by atoms with Gasteiger partial charge in [-0.15, -0.1) is 11.3 Å². The molecule has 0 aliphatic carbocycles. The molecule has 0 unspecified atom stereocenters. The van der Waals surface area contributed by atoms with Gasteiger partial charge in [-0.05, 0) is 23.9 Å². The molecule has 1 aromatic carbocycles. The van der Waals surface area contributed by atoms with E-state index >= 15 is 0 Å². The molecule has 1 nitrogen and oxygen atoms in total. The van der Waals surface area contributed by atoms with Crippen LogP contribution in [0.15, 0.2) is 35.7 Å². The second-order valence-corrected chi connectivity index (χ2v) is 5.16. The van der Waals surface area contributed by atoms with E-state index in [0.29, 0.717) is 12.1 Å². The maximum absolute atomic E-state index is 13.5. The van der Waals surface area contributed by atoms with E-state index in [1.807, 2.05) is 6.07 Å². The third kappa shape index (κ3) is 3.53. The molecular formula is C13H13ClFNS. The molecule has 0 saturated carbocycles. The number of rotatable bonds is 5. The Hall–Kier alpha value is -0.900. The summed E-state index contributed by atoms with van der Waals surface area (Å²) in [5, 5.41) is 5.46. The highest BCUT2D eigenvalue weighted by Crippen LogP contribution is 2.17. The summed E-state index contributed by atoms with van der Waals surface area (Å²) in [5.41, 5.74) is 0.615. The molecule has 0 aliphatic heterocycles. The van der Waals surface area contributed by atoms with Crippen molar-refractivity contribution in [3.05, 3.63) is 57.0 Å². The summed E-state index contributed by atoms with van der Waals surface area (Å²) in [6.07, 6.45) is 0.972. The van der Waals surface area contributed by atoms with Gasteiger partial charge in [-0.3, -0.25) is 0 Å². The lowest BCUT2D eigenvalue weighted by atomic mass is 10.2. The second kappa shape index (κ2) is 6.15. The van der Waals surface area contributed by atoms with Crippen LogP contribution in [0.25, 0.3) is 0 Å². The Kier molecular flexibility index (Phi) is 4.54. The summed E-state index contributed by atoms with van der Waals surface area (Å²) >= 11 is 7.45. The molecule has 2 aromatic rings. The van der Waals surface area contributed by atoms with E-state index in [2.05, 4.69) is 16.8 Å². The van der Waals surface area contributed by atoms with Gasteiger partial charge >= 0.3 is 0 Å². The Balaban J connectivity index is 1.80. The molecule has 17 heavy (non-hydrogen) atoms. The number of hydrogen-bond acceptors (Lipinski definition) is 2. The van der Waals surface area contributed by atoms with E-state index in [4.69, 9.17) is 11.6 Å². The summed E-state index contributed by atoms with van der Waals surface area (Å²) < 4.78 is 13.5. The smallest absolute Gasteiger partial charge is 0.146 e. The summed E-state index contributed by atoms with van der Waals surface area (Å²) in [5.74, 6) is -0.321. The SMILES string of the molecule is Fc1c(Cl)cccc1CNCCc1cccs1. The fourth-order valence-electron chi connectivity index (χ4n) is 1.57. The molecule has 0 bridgehead atoms. The van der Waals surface area contributed by atoms with E-state index in [1.165, 1.54) is 4.88 Å². The van der Waals surface area contributed by atoms with Gasteiger partial charge in [-0.25, -0.2) is 4.39 Å². The van der Waals surface area contributed by atoms with E-state index in [-0.39, 0.29) is 10.8 Å². The lowest BCUT2D eigenvalue weighted by molar-refractivity contribution is 0.589. The van der Waals surface area contributed by atoms with E-state index < -0.39 is 0 Å².